The Balaban J connectivity index is 0.000000142. The van der Waals surface area contributed by atoms with Crippen molar-refractivity contribution >= 4 is 80.1 Å². The molecule has 1 N–H and O–H groups in total. The van der Waals surface area contributed by atoms with Crippen molar-refractivity contribution in [2.24, 2.45) is 13.0 Å². The number of pyridine rings is 1. The highest BCUT2D eigenvalue weighted by atomic mass is 16.6. The molecule has 6 aromatic heterocycles. The number of aryl methyl sites for hydroxylation is 7. The van der Waals surface area contributed by atoms with Crippen LogP contribution in [0.2, 0.25) is 0 Å². The van der Waals surface area contributed by atoms with Gasteiger partial charge in [0.15, 0.2) is 0 Å². The van der Waals surface area contributed by atoms with Gasteiger partial charge in [-0.1, -0.05) is 42.8 Å². The number of nitrogens with one attached hydrogen (secondary N) is 1. The molecule has 1 saturated carbocycles. The zero-order valence-corrected chi connectivity index (χ0v) is 63.1. The van der Waals surface area contributed by atoms with E-state index in [0.29, 0.717) is 31.0 Å². The third-order valence-electron chi connectivity index (χ3n) is 22.0. The van der Waals surface area contributed by atoms with Crippen LogP contribution in [0.4, 0.5) is 31.4 Å². The van der Waals surface area contributed by atoms with Crippen molar-refractivity contribution in [3.8, 4) is 0 Å². The van der Waals surface area contributed by atoms with Gasteiger partial charge in [-0.05, 0) is 154 Å². The van der Waals surface area contributed by atoms with E-state index in [2.05, 4.69) is 107 Å². The first-order valence-corrected chi connectivity index (χ1v) is 37.4. The smallest absolute Gasteiger partial charge is 0.414 e. The molecule has 1 saturated heterocycles. The second-order valence-electron chi connectivity index (χ2n) is 29.0. The van der Waals surface area contributed by atoms with Crippen molar-refractivity contribution in [3.05, 3.63) is 177 Å². The maximum atomic E-state index is 13.0. The molecule has 562 valence electrons. The largest absolute Gasteiger partial charge is 0.452 e. The maximum absolute atomic E-state index is 13.0. The number of hydrogen-bond donors (Lipinski definition) is 1. The van der Waals surface area contributed by atoms with E-state index < -0.39 is 6.09 Å². The summed E-state index contributed by atoms with van der Waals surface area (Å²) < 4.78 is 25.1. The lowest BCUT2D eigenvalue weighted by Gasteiger charge is -2.34. The summed E-state index contributed by atoms with van der Waals surface area (Å²) in [6.07, 6.45) is 14.5. The topological polar surface area (TPSA) is 273 Å². The number of anilines is 3. The number of carbonyl (C=O) groups is 5. The number of carbonyl (C=O) groups excluding carboxylic acids is 5. The number of methoxy groups -OCH3 is 3. The third kappa shape index (κ3) is 16.1. The second-order valence-corrected chi connectivity index (χ2v) is 29.0. The Labute approximate surface area is 622 Å². The molecule has 107 heavy (non-hydrogen) atoms. The quantitative estimate of drug-likeness (QED) is 0.0880. The summed E-state index contributed by atoms with van der Waals surface area (Å²) in [5, 5.41) is 6.93. The normalized spacial score (nSPS) is 18.7. The van der Waals surface area contributed by atoms with Crippen molar-refractivity contribution in [1.29, 1.82) is 0 Å². The Kier molecular flexibility index (Phi) is 23.0. The zero-order chi connectivity index (χ0) is 75.2. The van der Waals surface area contributed by atoms with Crippen LogP contribution in [0.1, 0.15) is 136 Å². The standard InChI is InChI=1S/C27H33N5O3.C27H35N5O2.C26H30N8O4/c1-16-12-13-28-24(29-16)15-25-30-26-21-9-8-17(2)31(27(34)35-4)22(21)10-11-23(26)32(25)20-7-5-6-19(14-20)18(3)33;1-20-9-10-22-23(32(20)27(33)34-3)11-12-24-26(22)28-25(19-21-7-5-4-6-8-21)31(24)18-17-30-15-13-29(2)14-16-30;1-17-7-8-18-19(34(17)26(37)38-3)9-10-20-25(18)30-21(11-13-32-12-5-4-6-24(32)36)33(20)15-23(35)27-14-22-28-16-29-31(22)2/h10-13,17,19-20H,5-9,14-15H2,1-4H3;4-8,11-12,20H,9-10,13-19H2,1-3H3;4-6,9-10,12,16-17H,7-8,11,13-15H2,1-3H3,(H,27,35)/t17-,19+,20+;20-;17-/m000/s1. The van der Waals surface area contributed by atoms with Crippen LogP contribution in [-0.2, 0) is 95.6 Å². The minimum Gasteiger partial charge on any atom is -0.452 e. The van der Waals surface area contributed by atoms with Gasteiger partial charge in [-0.2, -0.15) is 5.10 Å². The van der Waals surface area contributed by atoms with E-state index in [1.807, 2.05) is 55.7 Å². The molecule has 27 heteroatoms. The predicted molar refractivity (Wildman–Crippen MR) is 409 cm³/mol. The van der Waals surface area contributed by atoms with Crippen molar-refractivity contribution in [2.75, 3.05) is 75.8 Å². The predicted octanol–water partition coefficient (Wildman–Crippen LogP) is 10.5. The Hall–Kier alpha value is -10.7. The first-order chi connectivity index (χ1) is 51.8. The van der Waals surface area contributed by atoms with Crippen LogP contribution in [0, 0.1) is 12.8 Å². The summed E-state index contributed by atoms with van der Waals surface area (Å²) >= 11 is 0. The van der Waals surface area contributed by atoms with Crippen molar-refractivity contribution in [2.45, 2.75) is 168 Å². The van der Waals surface area contributed by atoms with Crippen molar-refractivity contribution in [1.82, 2.24) is 73.1 Å². The molecule has 5 atom stereocenters. The minimum absolute atomic E-state index is 0.00898. The molecule has 0 spiro atoms. The molecule has 5 aliphatic rings. The average molecular weight is 1460 g/mol. The van der Waals surface area contributed by atoms with E-state index in [0.717, 1.165) is 200 Å². The van der Waals surface area contributed by atoms with Crippen molar-refractivity contribution < 1.29 is 38.2 Å². The number of aromatic nitrogens is 12. The molecule has 4 aromatic carbocycles. The average Bonchev–Trinajstić information content (AvgIpc) is 1.64. The van der Waals surface area contributed by atoms with Gasteiger partial charge in [0.25, 0.3) is 5.56 Å². The van der Waals surface area contributed by atoms with E-state index in [1.165, 1.54) is 39.3 Å². The molecule has 4 amide bonds. The van der Waals surface area contributed by atoms with Gasteiger partial charge in [0.1, 0.15) is 47.8 Å². The number of likely N-dealkylation sites (N-methyl/N-ethyl adjacent to an activating group) is 1. The molecule has 15 rings (SSSR count). The van der Waals surface area contributed by atoms with Crippen LogP contribution < -0.4 is 25.6 Å². The number of Topliss-reactive ketones (excluding diaryl/α,β-unsaturated/α-hetero) is 1. The summed E-state index contributed by atoms with van der Waals surface area (Å²) in [6, 6.07) is 30.0. The Morgan fingerprint density at radius 3 is 1.71 bits per heavy atom. The van der Waals surface area contributed by atoms with Gasteiger partial charge in [0, 0.05) is 137 Å². The highest BCUT2D eigenvalue weighted by molar-refractivity contribution is 5.98. The molecule has 2 fully saturated rings. The molecule has 10 aromatic rings. The lowest BCUT2D eigenvalue weighted by Crippen LogP contribution is -2.45. The number of nitrogens with zero attached hydrogens (tertiary/aromatic N) is 17. The maximum Gasteiger partial charge on any atom is 0.414 e. The van der Waals surface area contributed by atoms with Crippen LogP contribution >= 0.6 is 0 Å². The van der Waals surface area contributed by atoms with Crippen molar-refractivity contribution in [3.63, 3.8) is 0 Å². The van der Waals surface area contributed by atoms with E-state index >= 15 is 0 Å². The van der Waals surface area contributed by atoms with E-state index in [1.54, 1.807) is 56.4 Å². The minimum atomic E-state index is -0.413. The highest BCUT2D eigenvalue weighted by Gasteiger charge is 2.37. The molecular formula is C80H98N18O9. The fraction of sp³-hybridized carbons (Fsp3) is 0.463. The van der Waals surface area contributed by atoms with Gasteiger partial charge >= 0.3 is 18.3 Å². The Morgan fingerprint density at radius 1 is 0.570 bits per heavy atom. The molecule has 0 bridgehead atoms. The molecule has 10 heterocycles. The molecule has 0 unspecified atom stereocenters. The number of hydrogen-bond acceptors (Lipinski definition) is 18. The number of piperazine rings is 1. The zero-order valence-electron chi connectivity index (χ0n) is 63.1. The number of fused-ring (bicyclic) bond motifs is 9. The van der Waals surface area contributed by atoms with E-state index in [-0.39, 0.29) is 72.6 Å². The Bertz CT molecular complexity index is 4950. The van der Waals surface area contributed by atoms with Gasteiger partial charge < -0.3 is 42.7 Å². The lowest BCUT2D eigenvalue weighted by molar-refractivity contribution is -0.122. The van der Waals surface area contributed by atoms with Crippen LogP contribution in [0.25, 0.3) is 33.1 Å². The Morgan fingerprint density at radius 2 is 1.14 bits per heavy atom. The van der Waals surface area contributed by atoms with Gasteiger partial charge in [-0.3, -0.25) is 38.7 Å². The number of benzene rings is 4. The summed E-state index contributed by atoms with van der Waals surface area (Å²) in [5.74, 6) is 4.21. The molecule has 0 radical (unpaired) electrons. The summed E-state index contributed by atoms with van der Waals surface area (Å²) in [7, 11) is 8.21. The van der Waals surface area contributed by atoms with Gasteiger partial charge in [0.2, 0.25) is 5.91 Å². The molecule has 1 aliphatic carbocycles. The van der Waals surface area contributed by atoms with Gasteiger partial charge in [0.05, 0.1) is 84.5 Å². The van der Waals surface area contributed by atoms with Crippen LogP contribution in [0.3, 0.4) is 0 Å². The number of amides is 4. The van der Waals surface area contributed by atoms with Crippen LogP contribution in [-0.4, -0.2) is 177 Å². The SMILES string of the molecule is COC(=O)N1c2ccc3c(nc(CCn4ccccc4=O)n3CC(=O)NCc3ncnn3C)c2CC[C@@H]1C.COC(=O)N1c2ccc3c(nc(Cc4ccccc4)n3CCN3CCN(C)CC3)c2CC[C@@H]1C.COC(=O)N1c2ccc3c(nc(Cc4nccc(C)n4)n3[C@@H]3CCC[C@@H](C(C)=O)C3)c2CC[C@@H]1C. The summed E-state index contributed by atoms with van der Waals surface area (Å²) in [5.41, 5.74) is 13.6. The summed E-state index contributed by atoms with van der Waals surface area (Å²) in [4.78, 5) is 114. The second kappa shape index (κ2) is 33.0. The fourth-order valence-corrected chi connectivity index (χ4v) is 16.1. The number of ether oxygens (including phenoxy) is 3. The lowest BCUT2D eigenvalue weighted by atomic mass is 9.83. The van der Waals surface area contributed by atoms with Gasteiger partial charge in [-0.15, -0.1) is 0 Å². The molecular weight excluding hydrogens is 1360 g/mol. The molecule has 27 nitrogen and oxygen atoms in total. The highest BCUT2D eigenvalue weighted by Crippen LogP contribution is 2.43. The molecule has 4 aliphatic heterocycles. The van der Waals surface area contributed by atoms with Crippen LogP contribution in [0.15, 0.2) is 115 Å². The monoisotopic (exact) mass is 1450 g/mol. The number of ketones is 1. The summed E-state index contributed by atoms with van der Waals surface area (Å²) in [6.45, 7) is 16.9. The fourth-order valence-electron chi connectivity index (χ4n) is 16.1. The van der Waals surface area contributed by atoms with Gasteiger partial charge in [-0.25, -0.2) is 44.3 Å². The number of rotatable bonds is 16. The number of imidazole rings is 3. The first-order valence-electron chi connectivity index (χ1n) is 37.4. The third-order valence-corrected chi connectivity index (χ3v) is 22.0. The van der Waals surface area contributed by atoms with E-state index in [4.69, 9.17) is 29.2 Å². The van der Waals surface area contributed by atoms with Crippen LogP contribution in [0.5, 0.6) is 0 Å². The van der Waals surface area contributed by atoms with E-state index in [9.17, 15) is 28.8 Å². The first kappa shape index (κ1) is 74.6.